The number of carbonyl (C=O) groups excluding carboxylic acids is 1. The van der Waals surface area contributed by atoms with Gasteiger partial charge in [-0.2, -0.15) is 0 Å². The largest absolute Gasteiger partial charge is 0.334 e. The van der Waals surface area contributed by atoms with Crippen molar-refractivity contribution >= 4 is 53.1 Å². The highest BCUT2D eigenvalue weighted by atomic mass is 35.5. The maximum Gasteiger partial charge on any atom is 0.227 e. The van der Waals surface area contributed by atoms with Gasteiger partial charge in [0.05, 0.1) is 22.5 Å². The molecule has 2 aromatic rings. The summed E-state index contributed by atoms with van der Waals surface area (Å²) in [7, 11) is 4.04. The smallest absolute Gasteiger partial charge is 0.227 e. The molecule has 1 unspecified atom stereocenters. The summed E-state index contributed by atoms with van der Waals surface area (Å²) in [5.41, 5.74) is 3.27. The van der Waals surface area contributed by atoms with Crippen molar-refractivity contribution in [1.29, 1.82) is 0 Å². The van der Waals surface area contributed by atoms with Crippen molar-refractivity contribution in [3.8, 4) is 0 Å². The van der Waals surface area contributed by atoms with Crippen molar-refractivity contribution in [3.05, 3.63) is 68.2 Å². The zero-order valence-electron chi connectivity index (χ0n) is 15.2. The van der Waals surface area contributed by atoms with E-state index in [9.17, 15) is 4.79 Å². The number of hydrogen-bond acceptors (Lipinski definition) is 2. The number of benzene rings is 2. The maximum absolute atomic E-state index is 13.0. The fraction of sp³-hybridized carbons (Fsp3) is 0.350. The van der Waals surface area contributed by atoms with E-state index in [1.54, 1.807) is 12.1 Å². The van der Waals surface area contributed by atoms with Crippen molar-refractivity contribution in [2.24, 2.45) is 0 Å². The molecule has 3 rings (SSSR count). The normalized spacial score (nSPS) is 16.1. The van der Waals surface area contributed by atoms with Crippen LogP contribution in [-0.2, 0) is 17.6 Å². The van der Waals surface area contributed by atoms with Crippen molar-refractivity contribution in [1.82, 2.24) is 9.80 Å². The van der Waals surface area contributed by atoms with Crippen LogP contribution in [0.25, 0.3) is 0 Å². The number of amides is 1. The molecule has 1 aliphatic rings. The van der Waals surface area contributed by atoms with Crippen LogP contribution in [-0.4, -0.2) is 42.9 Å². The molecular formula is C20H22Cl4N2O. The molecule has 3 nitrogen and oxygen atoms in total. The number of hydrogen-bond donors (Lipinski definition) is 0. The van der Waals surface area contributed by atoms with Gasteiger partial charge in [-0.3, -0.25) is 4.79 Å². The third kappa shape index (κ3) is 5.30. The topological polar surface area (TPSA) is 23.6 Å². The first-order chi connectivity index (χ1) is 12.3. The lowest BCUT2D eigenvalue weighted by molar-refractivity contribution is -0.133. The van der Waals surface area contributed by atoms with Gasteiger partial charge in [-0.1, -0.05) is 46.9 Å². The summed E-state index contributed by atoms with van der Waals surface area (Å²) in [5.74, 6) is 0.0934. The Balaban J connectivity index is 0.00000261. The third-order valence-corrected chi connectivity index (χ3v) is 5.63. The number of nitrogens with zero attached hydrogens (tertiary/aromatic N) is 2. The van der Waals surface area contributed by atoms with Crippen LogP contribution < -0.4 is 0 Å². The molecule has 0 bridgehead atoms. The van der Waals surface area contributed by atoms with E-state index in [0.29, 0.717) is 23.0 Å². The van der Waals surface area contributed by atoms with Gasteiger partial charge in [0.1, 0.15) is 0 Å². The second-order valence-electron chi connectivity index (χ2n) is 6.88. The van der Waals surface area contributed by atoms with Crippen LogP contribution in [0.3, 0.4) is 0 Å². The highest BCUT2D eigenvalue weighted by molar-refractivity contribution is 6.42. The first kappa shape index (κ1) is 22.3. The van der Waals surface area contributed by atoms with Gasteiger partial charge in [0, 0.05) is 18.1 Å². The number of rotatable bonds is 4. The van der Waals surface area contributed by atoms with Crippen molar-refractivity contribution in [2.45, 2.75) is 18.9 Å². The summed E-state index contributed by atoms with van der Waals surface area (Å²) >= 11 is 18.2. The summed E-state index contributed by atoms with van der Waals surface area (Å²) in [5, 5.41) is 1.71. The van der Waals surface area contributed by atoms with Gasteiger partial charge in [-0.05, 0) is 61.5 Å². The Hall–Kier alpha value is -0.970. The van der Waals surface area contributed by atoms with E-state index >= 15 is 0 Å². The first-order valence-corrected chi connectivity index (χ1v) is 9.65. The van der Waals surface area contributed by atoms with Gasteiger partial charge in [-0.15, -0.1) is 12.4 Å². The highest BCUT2D eigenvalue weighted by Gasteiger charge is 2.31. The quantitative estimate of drug-likeness (QED) is 0.634. The van der Waals surface area contributed by atoms with E-state index in [1.165, 1.54) is 11.1 Å². The molecule has 1 amide bonds. The van der Waals surface area contributed by atoms with Gasteiger partial charge in [0.2, 0.25) is 5.91 Å². The lowest BCUT2D eigenvalue weighted by Crippen LogP contribution is -2.44. The number of fused-ring (bicyclic) bond motifs is 1. The van der Waals surface area contributed by atoms with Gasteiger partial charge in [0.15, 0.2) is 0 Å². The Bertz CT molecular complexity index is 826. The third-order valence-electron chi connectivity index (χ3n) is 4.66. The molecule has 1 heterocycles. The number of carbonyl (C=O) groups is 1. The van der Waals surface area contributed by atoms with Gasteiger partial charge in [0.25, 0.3) is 0 Å². The van der Waals surface area contributed by atoms with E-state index in [1.807, 2.05) is 43.3 Å². The molecule has 0 fully saturated rings. The van der Waals surface area contributed by atoms with Crippen molar-refractivity contribution < 1.29 is 4.79 Å². The van der Waals surface area contributed by atoms with Crippen LogP contribution in [0.5, 0.6) is 0 Å². The monoisotopic (exact) mass is 446 g/mol. The number of halogens is 4. The fourth-order valence-corrected chi connectivity index (χ4v) is 3.96. The molecular weight excluding hydrogens is 426 g/mol. The average molecular weight is 448 g/mol. The van der Waals surface area contributed by atoms with E-state index in [0.717, 1.165) is 23.6 Å². The van der Waals surface area contributed by atoms with Crippen molar-refractivity contribution in [3.63, 3.8) is 0 Å². The van der Waals surface area contributed by atoms with Crippen LogP contribution >= 0.6 is 47.2 Å². The summed E-state index contributed by atoms with van der Waals surface area (Å²) in [6, 6.07) is 11.3. The minimum atomic E-state index is 0. The summed E-state index contributed by atoms with van der Waals surface area (Å²) in [6.07, 6.45) is 1.12. The van der Waals surface area contributed by atoms with E-state index in [4.69, 9.17) is 34.8 Å². The molecule has 1 atom stereocenters. The maximum atomic E-state index is 13.0. The minimum absolute atomic E-state index is 0. The number of likely N-dealkylation sites (N-methyl/N-ethyl adjacent to an activating group) is 1. The zero-order chi connectivity index (χ0) is 18.8. The molecule has 0 N–H and O–H groups in total. The Kier molecular flexibility index (Phi) is 7.84. The van der Waals surface area contributed by atoms with Crippen LogP contribution in [0.15, 0.2) is 36.4 Å². The molecule has 0 spiro atoms. The Morgan fingerprint density at radius 3 is 2.52 bits per heavy atom. The molecule has 1 aliphatic heterocycles. The summed E-state index contributed by atoms with van der Waals surface area (Å²) in [4.78, 5) is 17.1. The minimum Gasteiger partial charge on any atom is -0.334 e. The summed E-state index contributed by atoms with van der Waals surface area (Å²) in [6.45, 7) is 1.45. The highest BCUT2D eigenvalue weighted by Crippen LogP contribution is 2.33. The lowest BCUT2D eigenvalue weighted by atomic mass is 9.91. The average Bonchev–Trinajstić information content (AvgIpc) is 2.57. The predicted octanol–water partition coefficient (Wildman–Crippen LogP) is 5.30. The SMILES string of the molecule is CN(C)CC1c2ccc(Cl)cc2CCN1C(=O)Cc1ccc(Cl)c(Cl)c1.Cl. The fourth-order valence-electron chi connectivity index (χ4n) is 3.45. The Morgan fingerprint density at radius 1 is 1.11 bits per heavy atom. The molecule has 146 valence electrons. The molecule has 2 aromatic carbocycles. The van der Waals surface area contributed by atoms with Crippen LogP contribution in [0, 0.1) is 0 Å². The van der Waals surface area contributed by atoms with E-state index < -0.39 is 0 Å². The first-order valence-electron chi connectivity index (χ1n) is 8.51. The molecule has 0 radical (unpaired) electrons. The molecule has 0 saturated carbocycles. The standard InChI is InChI=1S/C20H21Cl3N2O.ClH/c1-24(2)12-19-16-5-4-15(21)11-14(16)7-8-25(19)20(26)10-13-3-6-17(22)18(23)9-13;/h3-6,9,11,19H,7-8,10,12H2,1-2H3;1H. The van der Waals surface area contributed by atoms with E-state index in [-0.39, 0.29) is 24.4 Å². The molecule has 27 heavy (non-hydrogen) atoms. The van der Waals surface area contributed by atoms with Crippen LogP contribution in [0.4, 0.5) is 0 Å². The molecule has 0 saturated heterocycles. The van der Waals surface area contributed by atoms with Gasteiger partial charge < -0.3 is 9.80 Å². The zero-order valence-corrected chi connectivity index (χ0v) is 18.3. The Labute approximate surface area is 181 Å². The van der Waals surface area contributed by atoms with Gasteiger partial charge in [-0.25, -0.2) is 0 Å². The second-order valence-corrected chi connectivity index (χ2v) is 8.13. The van der Waals surface area contributed by atoms with E-state index in [2.05, 4.69) is 4.90 Å². The van der Waals surface area contributed by atoms with Gasteiger partial charge >= 0.3 is 0 Å². The molecule has 0 aromatic heterocycles. The van der Waals surface area contributed by atoms with Crippen LogP contribution in [0.2, 0.25) is 15.1 Å². The Morgan fingerprint density at radius 2 is 1.85 bits per heavy atom. The molecule has 7 heteroatoms. The predicted molar refractivity (Wildman–Crippen MR) is 116 cm³/mol. The molecule has 0 aliphatic carbocycles. The summed E-state index contributed by atoms with van der Waals surface area (Å²) < 4.78 is 0. The van der Waals surface area contributed by atoms with Crippen LogP contribution in [0.1, 0.15) is 22.7 Å². The van der Waals surface area contributed by atoms with Crippen molar-refractivity contribution in [2.75, 3.05) is 27.2 Å². The second kappa shape index (κ2) is 9.49. The lowest BCUT2D eigenvalue weighted by Gasteiger charge is -2.39.